The summed E-state index contributed by atoms with van der Waals surface area (Å²) < 4.78 is 9.67. The van der Waals surface area contributed by atoms with Gasteiger partial charge in [-0.25, -0.2) is 0 Å². The van der Waals surface area contributed by atoms with E-state index in [1.165, 1.54) is 65.5 Å². The Morgan fingerprint density at radius 1 is 0.312 bits per heavy atom. The van der Waals surface area contributed by atoms with Crippen molar-refractivity contribution in [3.63, 3.8) is 0 Å². The number of aromatic nitrogens is 4. The van der Waals surface area contributed by atoms with E-state index in [1.807, 2.05) is 0 Å². The fraction of sp³-hybridized carbons (Fsp3) is 0. The van der Waals surface area contributed by atoms with Gasteiger partial charge in [0.15, 0.2) is 0 Å². The Labute approximate surface area is 275 Å². The molecule has 224 valence electrons. The van der Waals surface area contributed by atoms with Crippen LogP contribution in [-0.4, -0.2) is 18.1 Å². The van der Waals surface area contributed by atoms with Crippen LogP contribution < -0.4 is 0 Å². The van der Waals surface area contributed by atoms with Crippen molar-refractivity contribution in [1.29, 1.82) is 0 Å². The lowest BCUT2D eigenvalue weighted by molar-refractivity contribution is 1.12. The van der Waals surface area contributed by atoms with E-state index in [9.17, 15) is 0 Å². The maximum Gasteiger partial charge on any atom is 0.123 e. The molecule has 7 aromatic carbocycles. The quantitative estimate of drug-likeness (QED) is 0.189. The summed E-state index contributed by atoms with van der Waals surface area (Å²) in [5, 5.41) is 6.28. The predicted molar refractivity (Wildman–Crippen MR) is 200 cm³/mol. The van der Waals surface area contributed by atoms with E-state index in [0.29, 0.717) is 0 Å². The molecule has 0 radical (unpaired) electrons. The molecule has 0 aliphatic heterocycles. The molecule has 4 aromatic heterocycles. The van der Waals surface area contributed by atoms with Gasteiger partial charge < -0.3 is 9.13 Å². The lowest BCUT2D eigenvalue weighted by atomic mass is 10.1. The van der Waals surface area contributed by atoms with Gasteiger partial charge in [-0.05, 0) is 72.8 Å². The molecular formula is C44H28N4. The number of rotatable bonds is 3. The highest BCUT2D eigenvalue weighted by atomic mass is 15.1. The van der Waals surface area contributed by atoms with E-state index >= 15 is 0 Å². The third-order valence-electron chi connectivity index (χ3n) is 10.1. The summed E-state index contributed by atoms with van der Waals surface area (Å²) in [7, 11) is 0. The minimum atomic E-state index is 1.13. The van der Waals surface area contributed by atoms with Crippen molar-refractivity contribution < 1.29 is 0 Å². The van der Waals surface area contributed by atoms with Crippen LogP contribution >= 0.6 is 0 Å². The van der Waals surface area contributed by atoms with Crippen molar-refractivity contribution >= 4 is 71.2 Å². The molecule has 0 amide bonds. The topological polar surface area (TPSA) is 19.2 Å². The van der Waals surface area contributed by atoms with Crippen LogP contribution in [0.5, 0.6) is 0 Å². The second kappa shape index (κ2) is 9.50. The third kappa shape index (κ3) is 3.33. The van der Waals surface area contributed by atoms with Gasteiger partial charge in [-0.1, -0.05) is 97.1 Å². The molecule has 0 aliphatic rings. The van der Waals surface area contributed by atoms with Crippen LogP contribution in [0.1, 0.15) is 0 Å². The summed E-state index contributed by atoms with van der Waals surface area (Å²) in [5.41, 5.74) is 13.0. The molecule has 0 saturated heterocycles. The zero-order valence-electron chi connectivity index (χ0n) is 26.0. The molecule has 48 heavy (non-hydrogen) atoms. The van der Waals surface area contributed by atoms with Crippen molar-refractivity contribution in [3.8, 4) is 17.1 Å². The third-order valence-corrected chi connectivity index (χ3v) is 10.1. The molecule has 11 rings (SSSR count). The first-order chi connectivity index (χ1) is 23.8. The second-order valence-corrected chi connectivity index (χ2v) is 12.6. The predicted octanol–water partition coefficient (Wildman–Crippen LogP) is 11.2. The highest BCUT2D eigenvalue weighted by Gasteiger charge is 2.21. The van der Waals surface area contributed by atoms with Crippen molar-refractivity contribution in [1.82, 2.24) is 18.1 Å². The number of imidazole rings is 1. The first kappa shape index (κ1) is 25.6. The number of para-hydroxylation sites is 6. The molecule has 0 aliphatic carbocycles. The fourth-order valence-corrected chi connectivity index (χ4v) is 8.20. The first-order valence-electron chi connectivity index (χ1n) is 16.5. The fourth-order valence-electron chi connectivity index (χ4n) is 8.20. The first-order valence-corrected chi connectivity index (χ1v) is 16.5. The molecule has 4 heterocycles. The van der Waals surface area contributed by atoms with E-state index in [0.717, 1.165) is 22.7 Å². The van der Waals surface area contributed by atoms with Crippen LogP contribution in [0.2, 0.25) is 0 Å². The molecule has 0 bridgehead atoms. The Kier molecular flexibility index (Phi) is 5.08. The molecule has 0 unspecified atom stereocenters. The summed E-state index contributed by atoms with van der Waals surface area (Å²) in [6, 6.07) is 61.7. The largest absolute Gasteiger partial charge is 0.309 e. The van der Waals surface area contributed by atoms with Gasteiger partial charge in [0.25, 0.3) is 0 Å². The molecule has 0 fully saturated rings. The zero-order valence-corrected chi connectivity index (χ0v) is 26.0. The molecule has 11 aromatic rings. The standard InChI is InChI=1S/C44H28N4/c1-2-14-30(15-3-1)47-37-21-8-5-18-33(37)34-25-26-41-43(44(34)47)35-19-6-9-22-38(35)45(41)31-16-12-17-32(28-31)46-39-23-10-11-24-40(39)48-36-20-7-4-13-29(36)27-42(46)48/h1-28H. The van der Waals surface area contributed by atoms with Crippen molar-refractivity contribution in [2.45, 2.75) is 0 Å². The second-order valence-electron chi connectivity index (χ2n) is 12.6. The summed E-state index contributed by atoms with van der Waals surface area (Å²) in [4.78, 5) is 0. The number of nitrogens with zero attached hydrogens (tertiary/aromatic N) is 4. The summed E-state index contributed by atoms with van der Waals surface area (Å²) in [6.45, 7) is 0. The number of fused-ring (bicyclic) bond motifs is 12. The minimum absolute atomic E-state index is 1.13. The van der Waals surface area contributed by atoms with Crippen molar-refractivity contribution in [2.24, 2.45) is 0 Å². The Bertz CT molecular complexity index is 3060. The lowest BCUT2D eigenvalue weighted by Crippen LogP contribution is -1.98. The van der Waals surface area contributed by atoms with Crippen LogP contribution in [-0.2, 0) is 0 Å². The molecular weight excluding hydrogens is 585 g/mol. The maximum absolute atomic E-state index is 2.44. The minimum Gasteiger partial charge on any atom is -0.309 e. The SMILES string of the molecule is c1ccc(-n2c3ccccc3c3ccc4c(c5ccccc5n4-c4cccc(-n5c6ccccc6n6c7ccccc7cc56)c4)c32)cc1. The lowest BCUT2D eigenvalue weighted by Gasteiger charge is -2.12. The van der Waals surface area contributed by atoms with Crippen LogP contribution in [0.4, 0.5) is 0 Å². The molecule has 0 atom stereocenters. The summed E-state index contributed by atoms with van der Waals surface area (Å²) in [5.74, 6) is 0. The smallest absolute Gasteiger partial charge is 0.123 e. The Morgan fingerprint density at radius 2 is 0.917 bits per heavy atom. The summed E-state index contributed by atoms with van der Waals surface area (Å²) in [6.07, 6.45) is 0. The summed E-state index contributed by atoms with van der Waals surface area (Å²) >= 11 is 0. The average molecular weight is 613 g/mol. The highest BCUT2D eigenvalue weighted by molar-refractivity contribution is 6.26. The maximum atomic E-state index is 2.44. The molecule has 0 spiro atoms. The van der Waals surface area contributed by atoms with Gasteiger partial charge in [0.1, 0.15) is 5.65 Å². The molecule has 4 nitrogen and oxygen atoms in total. The van der Waals surface area contributed by atoms with Gasteiger partial charge in [0.2, 0.25) is 0 Å². The molecule has 4 heteroatoms. The van der Waals surface area contributed by atoms with Gasteiger partial charge in [0, 0.05) is 44.0 Å². The Hall–Kier alpha value is -6.52. The van der Waals surface area contributed by atoms with Gasteiger partial charge in [0.05, 0.1) is 38.6 Å². The van der Waals surface area contributed by atoms with Crippen LogP contribution in [0, 0.1) is 0 Å². The number of benzene rings is 7. The molecule has 0 saturated carbocycles. The van der Waals surface area contributed by atoms with E-state index in [2.05, 4.69) is 188 Å². The number of hydrogen-bond donors (Lipinski definition) is 0. The molecule has 0 N–H and O–H groups in total. The van der Waals surface area contributed by atoms with Crippen LogP contribution in [0.3, 0.4) is 0 Å². The van der Waals surface area contributed by atoms with Gasteiger partial charge >= 0.3 is 0 Å². The van der Waals surface area contributed by atoms with Crippen molar-refractivity contribution in [3.05, 3.63) is 170 Å². The normalized spacial score (nSPS) is 12.2. The van der Waals surface area contributed by atoms with E-state index < -0.39 is 0 Å². The van der Waals surface area contributed by atoms with Crippen LogP contribution in [0.25, 0.3) is 88.3 Å². The average Bonchev–Trinajstić information content (AvgIpc) is 3.87. The highest BCUT2D eigenvalue weighted by Crippen LogP contribution is 2.42. The van der Waals surface area contributed by atoms with E-state index in [-0.39, 0.29) is 0 Å². The van der Waals surface area contributed by atoms with Gasteiger partial charge in [-0.3, -0.25) is 8.97 Å². The van der Waals surface area contributed by atoms with Crippen molar-refractivity contribution in [2.75, 3.05) is 0 Å². The van der Waals surface area contributed by atoms with Crippen LogP contribution in [0.15, 0.2) is 170 Å². The number of hydrogen-bond acceptors (Lipinski definition) is 0. The Morgan fingerprint density at radius 3 is 1.73 bits per heavy atom. The Balaban J connectivity index is 1.24. The van der Waals surface area contributed by atoms with E-state index in [4.69, 9.17) is 0 Å². The zero-order chi connectivity index (χ0) is 31.3. The van der Waals surface area contributed by atoms with Gasteiger partial charge in [-0.2, -0.15) is 0 Å². The monoisotopic (exact) mass is 612 g/mol. The van der Waals surface area contributed by atoms with E-state index in [1.54, 1.807) is 0 Å². The van der Waals surface area contributed by atoms with Gasteiger partial charge in [-0.15, -0.1) is 0 Å².